The molecule has 1 aromatic heterocycles. The van der Waals surface area contributed by atoms with Crippen molar-refractivity contribution in [2.45, 2.75) is 6.10 Å². The lowest BCUT2D eigenvalue weighted by molar-refractivity contribution is 0.222. The molecule has 3 aromatic rings. The smallest absolute Gasteiger partial charge is 0.106 e. The van der Waals surface area contributed by atoms with Crippen LogP contribution in [-0.2, 0) is 0 Å². The Bertz CT molecular complexity index is 787. The van der Waals surface area contributed by atoms with E-state index in [1.165, 1.54) is 0 Å². The van der Waals surface area contributed by atoms with E-state index in [1.54, 1.807) is 11.3 Å². The van der Waals surface area contributed by atoms with Crippen molar-refractivity contribution in [3.63, 3.8) is 0 Å². The predicted molar refractivity (Wildman–Crippen MR) is 97.8 cm³/mol. The number of fused-ring (bicyclic) bond motifs is 1. The molecule has 0 bridgehead atoms. The molecular weight excluding hydrogens is 470 g/mol. The number of aliphatic hydroxyl groups is 1. The van der Waals surface area contributed by atoms with Crippen LogP contribution in [0.25, 0.3) is 10.1 Å². The third-order valence-corrected chi connectivity index (χ3v) is 6.68. The standard InChI is InChI=1S/C15H9BrClIOS/c16-11-3-1-2-9-10(7-20-15(9)11)14(19)8-4-5-13(18)12(17)6-8/h1-7,14,19H. The number of rotatable bonds is 2. The minimum absolute atomic E-state index is 0.660. The third-order valence-electron chi connectivity index (χ3n) is 3.14. The molecule has 0 spiro atoms. The van der Waals surface area contributed by atoms with Crippen LogP contribution in [-0.4, -0.2) is 5.11 Å². The van der Waals surface area contributed by atoms with Gasteiger partial charge in [0.15, 0.2) is 0 Å². The van der Waals surface area contributed by atoms with Crippen LogP contribution in [0.2, 0.25) is 5.02 Å². The SMILES string of the molecule is OC(c1ccc(I)c(Cl)c1)c1csc2c(Br)cccc12. The fourth-order valence-corrected chi connectivity index (χ4v) is 4.28. The Morgan fingerprint density at radius 2 is 2.05 bits per heavy atom. The van der Waals surface area contributed by atoms with E-state index in [-0.39, 0.29) is 0 Å². The Hall–Kier alpha value is -0.140. The highest BCUT2D eigenvalue weighted by Crippen LogP contribution is 2.37. The second-order valence-electron chi connectivity index (χ2n) is 4.38. The first-order valence-corrected chi connectivity index (χ1v) is 8.99. The van der Waals surface area contributed by atoms with Gasteiger partial charge in [0.25, 0.3) is 0 Å². The highest BCUT2D eigenvalue weighted by Gasteiger charge is 2.17. The predicted octanol–water partition coefficient (Wildman–Crippen LogP) is 6.00. The van der Waals surface area contributed by atoms with Crippen molar-refractivity contribution >= 4 is 71.5 Å². The summed E-state index contributed by atoms with van der Waals surface area (Å²) in [5.74, 6) is 0. The first-order valence-electron chi connectivity index (χ1n) is 5.86. The minimum Gasteiger partial charge on any atom is -0.384 e. The summed E-state index contributed by atoms with van der Waals surface area (Å²) in [6, 6.07) is 11.7. The van der Waals surface area contributed by atoms with Crippen molar-refractivity contribution < 1.29 is 5.11 Å². The van der Waals surface area contributed by atoms with Gasteiger partial charge in [0.1, 0.15) is 6.10 Å². The average Bonchev–Trinajstić information content (AvgIpc) is 2.86. The molecule has 0 fully saturated rings. The largest absolute Gasteiger partial charge is 0.384 e. The molecule has 1 atom stereocenters. The maximum absolute atomic E-state index is 10.6. The summed E-state index contributed by atoms with van der Waals surface area (Å²) in [4.78, 5) is 0. The molecule has 0 amide bonds. The van der Waals surface area contributed by atoms with Crippen molar-refractivity contribution in [3.8, 4) is 0 Å². The van der Waals surface area contributed by atoms with E-state index in [1.807, 2.05) is 41.8 Å². The molecule has 1 heterocycles. The summed E-state index contributed by atoms with van der Waals surface area (Å²) in [6.45, 7) is 0. The van der Waals surface area contributed by atoms with Crippen molar-refractivity contribution in [2.24, 2.45) is 0 Å². The van der Waals surface area contributed by atoms with Crippen LogP contribution in [0, 0.1) is 3.57 Å². The Morgan fingerprint density at radius 1 is 1.25 bits per heavy atom. The summed E-state index contributed by atoms with van der Waals surface area (Å²) >= 11 is 13.5. The molecule has 1 unspecified atom stereocenters. The molecule has 0 aliphatic heterocycles. The normalized spacial score (nSPS) is 12.8. The van der Waals surface area contributed by atoms with Gasteiger partial charge in [0.2, 0.25) is 0 Å². The molecule has 1 nitrogen and oxygen atoms in total. The third kappa shape index (κ3) is 2.64. The van der Waals surface area contributed by atoms with Gasteiger partial charge in [-0.15, -0.1) is 11.3 Å². The van der Waals surface area contributed by atoms with E-state index in [9.17, 15) is 5.11 Å². The van der Waals surface area contributed by atoms with E-state index in [0.29, 0.717) is 5.02 Å². The summed E-state index contributed by atoms with van der Waals surface area (Å²) in [5.41, 5.74) is 1.73. The van der Waals surface area contributed by atoms with Crippen LogP contribution >= 0.6 is 61.5 Å². The Morgan fingerprint density at radius 3 is 2.80 bits per heavy atom. The zero-order valence-electron chi connectivity index (χ0n) is 10.1. The van der Waals surface area contributed by atoms with E-state index < -0.39 is 6.10 Å². The Labute approximate surface area is 147 Å². The van der Waals surface area contributed by atoms with Crippen LogP contribution in [0.5, 0.6) is 0 Å². The van der Waals surface area contributed by atoms with Crippen molar-refractivity contribution in [3.05, 3.63) is 66.0 Å². The topological polar surface area (TPSA) is 20.2 Å². The summed E-state index contributed by atoms with van der Waals surface area (Å²) in [6.07, 6.45) is -0.660. The molecule has 0 radical (unpaired) electrons. The zero-order chi connectivity index (χ0) is 14.3. The monoisotopic (exact) mass is 478 g/mol. The molecule has 5 heteroatoms. The summed E-state index contributed by atoms with van der Waals surface area (Å²) in [5, 5.41) is 14.4. The number of hydrogen-bond donors (Lipinski definition) is 1. The quantitative estimate of drug-likeness (QED) is 0.447. The number of thiophene rings is 1. The van der Waals surface area contributed by atoms with Crippen LogP contribution in [0.4, 0.5) is 0 Å². The number of benzene rings is 2. The van der Waals surface area contributed by atoms with Gasteiger partial charge in [-0.25, -0.2) is 0 Å². The molecule has 0 aliphatic rings. The fraction of sp³-hybridized carbons (Fsp3) is 0.0667. The molecule has 102 valence electrons. The first kappa shape index (κ1) is 14.8. The van der Waals surface area contributed by atoms with Crippen LogP contribution < -0.4 is 0 Å². The van der Waals surface area contributed by atoms with Gasteiger partial charge >= 0.3 is 0 Å². The Kier molecular flexibility index (Phi) is 4.38. The molecule has 3 rings (SSSR count). The van der Waals surface area contributed by atoms with E-state index >= 15 is 0 Å². The Balaban J connectivity index is 2.10. The maximum Gasteiger partial charge on any atom is 0.106 e. The second kappa shape index (κ2) is 5.93. The number of halogens is 3. The molecule has 1 N–H and O–H groups in total. The minimum atomic E-state index is -0.660. The molecule has 0 saturated carbocycles. The lowest BCUT2D eigenvalue weighted by atomic mass is 10.0. The van der Waals surface area contributed by atoms with E-state index in [4.69, 9.17) is 11.6 Å². The van der Waals surface area contributed by atoms with Gasteiger partial charge in [-0.05, 0) is 73.0 Å². The molecule has 20 heavy (non-hydrogen) atoms. The molecule has 2 aromatic carbocycles. The second-order valence-corrected chi connectivity index (χ2v) is 7.69. The molecule has 0 saturated heterocycles. The number of hydrogen-bond acceptors (Lipinski definition) is 2. The highest BCUT2D eigenvalue weighted by molar-refractivity contribution is 14.1. The van der Waals surface area contributed by atoms with Crippen LogP contribution in [0.1, 0.15) is 17.2 Å². The van der Waals surface area contributed by atoms with Crippen molar-refractivity contribution in [1.82, 2.24) is 0 Å². The molecular formula is C15H9BrClIOS. The maximum atomic E-state index is 10.6. The van der Waals surface area contributed by atoms with Crippen LogP contribution in [0.3, 0.4) is 0 Å². The van der Waals surface area contributed by atoms with E-state index in [2.05, 4.69) is 38.5 Å². The van der Waals surface area contributed by atoms with E-state index in [0.717, 1.165) is 29.3 Å². The van der Waals surface area contributed by atoms with Gasteiger partial charge in [-0.1, -0.05) is 29.8 Å². The lowest BCUT2D eigenvalue weighted by Gasteiger charge is -2.11. The van der Waals surface area contributed by atoms with Gasteiger partial charge in [0, 0.05) is 18.3 Å². The zero-order valence-corrected chi connectivity index (χ0v) is 15.4. The average molecular weight is 480 g/mol. The molecule has 0 aliphatic carbocycles. The first-order chi connectivity index (χ1) is 9.58. The highest BCUT2D eigenvalue weighted by atomic mass is 127. The van der Waals surface area contributed by atoms with Gasteiger partial charge in [-0.3, -0.25) is 0 Å². The van der Waals surface area contributed by atoms with Crippen molar-refractivity contribution in [1.29, 1.82) is 0 Å². The van der Waals surface area contributed by atoms with Crippen LogP contribution in [0.15, 0.2) is 46.3 Å². The van der Waals surface area contributed by atoms with Gasteiger partial charge in [0.05, 0.1) is 5.02 Å². The van der Waals surface area contributed by atoms with Gasteiger partial charge in [-0.2, -0.15) is 0 Å². The fourth-order valence-electron chi connectivity index (χ4n) is 2.12. The summed E-state index contributed by atoms with van der Waals surface area (Å²) < 4.78 is 3.19. The van der Waals surface area contributed by atoms with Crippen molar-refractivity contribution in [2.75, 3.05) is 0 Å². The number of aliphatic hydroxyl groups excluding tert-OH is 1. The lowest BCUT2D eigenvalue weighted by Crippen LogP contribution is -1.99. The van der Waals surface area contributed by atoms with Gasteiger partial charge < -0.3 is 5.11 Å². The summed E-state index contributed by atoms with van der Waals surface area (Å²) in [7, 11) is 0.